The summed E-state index contributed by atoms with van der Waals surface area (Å²) in [5.74, 6) is 0. The van der Waals surface area contributed by atoms with E-state index in [4.69, 9.17) is 5.73 Å². The molecule has 0 saturated heterocycles. The first-order valence-corrected chi connectivity index (χ1v) is 7.80. The zero-order chi connectivity index (χ0) is 13.7. The van der Waals surface area contributed by atoms with Crippen molar-refractivity contribution in [3.05, 3.63) is 0 Å². The van der Waals surface area contributed by atoms with Crippen molar-refractivity contribution in [2.75, 3.05) is 12.8 Å². The topological polar surface area (TPSA) is 148 Å². The molecule has 0 bridgehead atoms. The van der Waals surface area contributed by atoms with Crippen molar-refractivity contribution in [3.8, 4) is 0 Å². The molecule has 2 atom stereocenters. The van der Waals surface area contributed by atoms with E-state index in [1.807, 2.05) is 0 Å². The maximum Gasteiger partial charge on any atom is 0.425 e. The molecule has 0 aromatic heterocycles. The third-order valence-corrected chi connectivity index (χ3v) is 5.64. The number of primary amides is 2. The van der Waals surface area contributed by atoms with Crippen molar-refractivity contribution < 1.29 is 32.1 Å². The molecule has 4 N–H and O–H groups in total. The number of amides is 2. The Kier molecular flexibility index (Phi) is 5.84. The van der Waals surface area contributed by atoms with Crippen molar-refractivity contribution in [3.63, 3.8) is 0 Å². The van der Waals surface area contributed by atoms with Gasteiger partial charge in [-0.25, -0.2) is 18.2 Å². The van der Waals surface area contributed by atoms with Crippen molar-refractivity contribution >= 4 is 26.9 Å². The highest BCUT2D eigenvalue weighted by Gasteiger charge is 2.42. The smallest absolute Gasteiger partial charge is 0.375 e. The van der Waals surface area contributed by atoms with Crippen molar-refractivity contribution in [1.82, 2.24) is 0 Å². The average Bonchev–Trinajstić information content (AvgIpc) is 2.16. The number of hydrogen-bond donors (Lipinski definition) is 2. The molecule has 0 aromatic carbocycles. The van der Waals surface area contributed by atoms with Crippen LogP contribution in [0.4, 0.5) is 9.59 Å². The standard InChI is InChI=1S/C6H14N2O7P2/c1-3-13-17(12,6(8)10)15-16(11,4-2)14-5(7)9/h3-4H2,1-2H3,(H2,7,9)(H2,8,10). The zero-order valence-electron chi connectivity index (χ0n) is 9.32. The van der Waals surface area contributed by atoms with Gasteiger partial charge in [0.15, 0.2) is 0 Å². The Morgan fingerprint density at radius 3 is 2.00 bits per heavy atom. The molecule has 17 heavy (non-hydrogen) atoms. The zero-order valence-corrected chi connectivity index (χ0v) is 11.1. The van der Waals surface area contributed by atoms with Gasteiger partial charge in [0.25, 0.3) is 0 Å². The maximum atomic E-state index is 11.8. The quantitative estimate of drug-likeness (QED) is 0.676. The van der Waals surface area contributed by atoms with Crippen LogP contribution in [-0.4, -0.2) is 24.5 Å². The lowest BCUT2D eigenvalue weighted by Crippen LogP contribution is -2.17. The van der Waals surface area contributed by atoms with Crippen LogP contribution in [-0.2, 0) is 22.5 Å². The van der Waals surface area contributed by atoms with Gasteiger partial charge in [-0.1, -0.05) is 6.92 Å². The van der Waals surface area contributed by atoms with E-state index < -0.39 is 26.9 Å². The summed E-state index contributed by atoms with van der Waals surface area (Å²) < 4.78 is 36.7. The molecular formula is C6H14N2O7P2. The van der Waals surface area contributed by atoms with Gasteiger partial charge in [-0.15, -0.1) is 0 Å². The molecule has 0 heterocycles. The number of carbonyl (C=O) groups excluding carboxylic acids is 2. The average molecular weight is 288 g/mol. The monoisotopic (exact) mass is 288 g/mol. The SMILES string of the molecule is CCOP(=O)(OP(=O)(CC)OC(N)=O)C(N)=O. The summed E-state index contributed by atoms with van der Waals surface area (Å²) in [6.45, 7) is 2.58. The van der Waals surface area contributed by atoms with Crippen LogP contribution in [0.1, 0.15) is 13.8 Å². The maximum absolute atomic E-state index is 11.8. The van der Waals surface area contributed by atoms with Gasteiger partial charge < -0.3 is 20.5 Å². The molecule has 2 amide bonds. The van der Waals surface area contributed by atoms with Gasteiger partial charge in [-0.2, -0.15) is 0 Å². The molecule has 11 heteroatoms. The number of carbonyl (C=O) groups is 2. The molecule has 0 spiro atoms. The highest BCUT2D eigenvalue weighted by Crippen LogP contribution is 2.64. The fourth-order valence-electron chi connectivity index (χ4n) is 0.737. The van der Waals surface area contributed by atoms with Gasteiger partial charge in [0.05, 0.1) is 12.8 Å². The van der Waals surface area contributed by atoms with E-state index in [-0.39, 0.29) is 12.8 Å². The van der Waals surface area contributed by atoms with Crippen LogP contribution >= 0.6 is 15.2 Å². The minimum atomic E-state index is -4.44. The Morgan fingerprint density at radius 1 is 1.18 bits per heavy atom. The summed E-state index contributed by atoms with van der Waals surface area (Å²) in [5.41, 5.74) is 8.04. The molecule has 2 unspecified atom stereocenters. The second-order valence-corrected chi connectivity index (χ2v) is 7.06. The van der Waals surface area contributed by atoms with Gasteiger partial charge in [0, 0.05) is 0 Å². The number of nitrogens with two attached hydrogens (primary N) is 2. The van der Waals surface area contributed by atoms with E-state index in [0.717, 1.165) is 0 Å². The summed E-state index contributed by atoms with van der Waals surface area (Å²) in [7, 11) is -8.57. The van der Waals surface area contributed by atoms with Crippen molar-refractivity contribution in [2.24, 2.45) is 11.5 Å². The predicted octanol–water partition coefficient (Wildman–Crippen LogP) is 1.62. The van der Waals surface area contributed by atoms with Gasteiger partial charge in [-0.05, 0) is 6.92 Å². The van der Waals surface area contributed by atoms with Gasteiger partial charge in [0.2, 0.25) is 0 Å². The van der Waals surface area contributed by atoms with Crippen molar-refractivity contribution in [1.29, 1.82) is 0 Å². The Bertz CT molecular complexity index is 396. The Labute approximate surface area is 97.8 Å². The molecule has 0 aliphatic carbocycles. The molecule has 0 saturated carbocycles. The summed E-state index contributed by atoms with van der Waals surface area (Å²) in [6, 6.07) is 0. The van der Waals surface area contributed by atoms with Gasteiger partial charge in [0.1, 0.15) is 0 Å². The second-order valence-electron chi connectivity index (χ2n) is 2.67. The normalized spacial score (nSPS) is 17.8. The lowest BCUT2D eigenvalue weighted by molar-refractivity contribution is 0.199. The highest BCUT2D eigenvalue weighted by molar-refractivity contribution is 7.78. The molecule has 0 rings (SSSR count). The fraction of sp³-hybridized carbons (Fsp3) is 0.667. The van der Waals surface area contributed by atoms with Crippen LogP contribution in [0.25, 0.3) is 0 Å². The minimum absolute atomic E-state index is 0.166. The predicted molar refractivity (Wildman–Crippen MR) is 58.7 cm³/mol. The molecule has 0 aliphatic rings. The summed E-state index contributed by atoms with van der Waals surface area (Å²) >= 11 is 0. The molecular weight excluding hydrogens is 274 g/mol. The molecule has 100 valence electrons. The first-order chi connectivity index (χ1) is 7.69. The largest absolute Gasteiger partial charge is 0.425 e. The van der Waals surface area contributed by atoms with Crippen LogP contribution in [0, 0.1) is 0 Å². The third kappa shape index (κ3) is 4.87. The Balaban J connectivity index is 5.09. The van der Waals surface area contributed by atoms with Crippen LogP contribution < -0.4 is 11.5 Å². The Morgan fingerprint density at radius 2 is 1.71 bits per heavy atom. The van der Waals surface area contributed by atoms with Gasteiger partial charge in [-0.3, -0.25) is 4.79 Å². The van der Waals surface area contributed by atoms with E-state index in [2.05, 4.69) is 19.1 Å². The third-order valence-electron chi connectivity index (χ3n) is 1.42. The molecule has 0 fully saturated rings. The van der Waals surface area contributed by atoms with E-state index in [9.17, 15) is 18.7 Å². The summed E-state index contributed by atoms with van der Waals surface area (Å²) in [6.07, 6.45) is -1.72. The highest BCUT2D eigenvalue weighted by atomic mass is 31.3. The number of rotatable bonds is 7. The first-order valence-electron chi connectivity index (χ1n) is 4.53. The van der Waals surface area contributed by atoms with Crippen molar-refractivity contribution in [2.45, 2.75) is 13.8 Å². The lowest BCUT2D eigenvalue weighted by atomic mass is 10.9. The van der Waals surface area contributed by atoms with E-state index in [0.29, 0.717) is 0 Å². The lowest BCUT2D eigenvalue weighted by Gasteiger charge is -2.19. The van der Waals surface area contributed by atoms with Gasteiger partial charge >= 0.3 is 26.9 Å². The number of hydrogen-bond acceptors (Lipinski definition) is 7. The fourth-order valence-corrected chi connectivity index (χ4v) is 4.02. The molecule has 0 radical (unpaired) electrons. The minimum Gasteiger partial charge on any atom is -0.375 e. The first kappa shape index (κ1) is 16.1. The summed E-state index contributed by atoms with van der Waals surface area (Å²) in [5, 5.41) is 0. The van der Waals surface area contributed by atoms with E-state index >= 15 is 0 Å². The second kappa shape index (κ2) is 6.16. The summed E-state index contributed by atoms with van der Waals surface area (Å²) in [4.78, 5) is 21.4. The van der Waals surface area contributed by atoms with E-state index in [1.165, 1.54) is 13.8 Å². The van der Waals surface area contributed by atoms with Crippen LogP contribution in [0.15, 0.2) is 0 Å². The molecule has 0 aromatic rings. The molecule has 0 aliphatic heterocycles. The van der Waals surface area contributed by atoms with Crippen LogP contribution in [0.2, 0.25) is 0 Å². The van der Waals surface area contributed by atoms with Crippen LogP contribution in [0.3, 0.4) is 0 Å². The van der Waals surface area contributed by atoms with E-state index in [1.54, 1.807) is 0 Å². The molecule has 9 nitrogen and oxygen atoms in total. The Hall–Kier alpha value is -0.880. The van der Waals surface area contributed by atoms with Crippen LogP contribution in [0.5, 0.6) is 0 Å².